The first-order valence-electron chi connectivity index (χ1n) is 10.7. The predicted octanol–water partition coefficient (Wildman–Crippen LogP) is 4.37. The quantitative estimate of drug-likeness (QED) is 0.229. The van der Waals surface area contributed by atoms with E-state index < -0.39 is 0 Å². The summed E-state index contributed by atoms with van der Waals surface area (Å²) in [6.07, 6.45) is 3.44. The van der Waals surface area contributed by atoms with Gasteiger partial charge in [0.1, 0.15) is 0 Å². The minimum atomic E-state index is 0. The Morgan fingerprint density at radius 1 is 1.24 bits per heavy atom. The summed E-state index contributed by atoms with van der Waals surface area (Å²) in [5.41, 5.74) is 2.65. The highest BCUT2D eigenvalue weighted by molar-refractivity contribution is 14.0. The van der Waals surface area contributed by atoms with E-state index in [9.17, 15) is 0 Å². The zero-order valence-corrected chi connectivity index (χ0v) is 21.2. The number of aryl methyl sites for hydroxylation is 1. The van der Waals surface area contributed by atoms with Crippen molar-refractivity contribution in [2.45, 2.75) is 58.5 Å². The summed E-state index contributed by atoms with van der Waals surface area (Å²) in [4.78, 5) is 7.38. The fraction of sp³-hybridized carbons (Fsp3) is 0.696. The number of hydrogen-bond donors (Lipinski definition) is 1. The van der Waals surface area contributed by atoms with E-state index in [1.54, 1.807) is 7.11 Å². The predicted molar refractivity (Wildman–Crippen MR) is 133 cm³/mol. The number of likely N-dealkylation sites (tertiary alicyclic amines) is 1. The van der Waals surface area contributed by atoms with Gasteiger partial charge in [0.25, 0.3) is 0 Å². The molecule has 29 heavy (non-hydrogen) atoms. The smallest absolute Gasteiger partial charge is 0.193 e. The van der Waals surface area contributed by atoms with Crippen molar-refractivity contribution < 1.29 is 9.47 Å². The van der Waals surface area contributed by atoms with Crippen LogP contribution in [0.2, 0.25) is 0 Å². The maximum atomic E-state index is 5.99. The Bertz CT molecular complexity index is 614. The van der Waals surface area contributed by atoms with Crippen LogP contribution < -0.4 is 5.32 Å². The average Bonchev–Trinajstić information content (AvgIpc) is 2.69. The number of hydrogen-bond acceptors (Lipinski definition) is 3. The Balaban J connectivity index is 0.00000420. The third-order valence-electron chi connectivity index (χ3n) is 5.35. The molecule has 0 radical (unpaired) electrons. The zero-order chi connectivity index (χ0) is 20.4. The average molecular weight is 517 g/mol. The molecule has 1 N–H and O–H groups in total. The van der Waals surface area contributed by atoms with Gasteiger partial charge in [-0.15, -0.1) is 24.0 Å². The van der Waals surface area contributed by atoms with Gasteiger partial charge in [0.2, 0.25) is 0 Å². The van der Waals surface area contributed by atoms with Crippen LogP contribution in [-0.2, 0) is 14.9 Å². The molecular weight excluding hydrogens is 477 g/mol. The molecule has 0 amide bonds. The van der Waals surface area contributed by atoms with E-state index in [0.29, 0.717) is 6.10 Å². The highest BCUT2D eigenvalue weighted by Gasteiger charge is 2.24. The van der Waals surface area contributed by atoms with E-state index in [4.69, 9.17) is 14.5 Å². The molecule has 1 aromatic carbocycles. The molecule has 1 saturated heterocycles. The van der Waals surface area contributed by atoms with Crippen molar-refractivity contribution in [2.75, 3.05) is 46.5 Å². The number of benzene rings is 1. The van der Waals surface area contributed by atoms with E-state index in [1.807, 2.05) is 0 Å². The molecule has 0 saturated carbocycles. The molecule has 0 bridgehead atoms. The molecule has 1 aromatic rings. The Hall–Kier alpha value is -0.860. The lowest BCUT2D eigenvalue weighted by Crippen LogP contribution is -2.47. The zero-order valence-electron chi connectivity index (χ0n) is 18.9. The standard InChI is InChI=1S/C23H39N3O2.HI/c1-6-24-22(25-18-23(3,4)20-10-7-9-19(2)17-20)26-13-11-21(12-14-26)28-16-8-15-27-5;/h7,9-10,17,21H,6,8,11-16,18H2,1-5H3,(H,24,25);1H. The number of nitrogens with one attached hydrogen (secondary N) is 1. The highest BCUT2D eigenvalue weighted by Crippen LogP contribution is 2.24. The second kappa shape index (κ2) is 13.4. The fourth-order valence-electron chi connectivity index (χ4n) is 3.54. The van der Waals surface area contributed by atoms with E-state index >= 15 is 0 Å². The van der Waals surface area contributed by atoms with E-state index in [1.165, 1.54) is 11.1 Å². The molecule has 1 fully saturated rings. The molecule has 1 heterocycles. The monoisotopic (exact) mass is 517 g/mol. The van der Waals surface area contributed by atoms with E-state index in [0.717, 1.165) is 64.6 Å². The summed E-state index contributed by atoms with van der Waals surface area (Å²) in [6.45, 7) is 14.0. The van der Waals surface area contributed by atoms with Crippen LogP contribution in [0.4, 0.5) is 0 Å². The fourth-order valence-corrected chi connectivity index (χ4v) is 3.54. The van der Waals surface area contributed by atoms with Crippen molar-refractivity contribution in [1.82, 2.24) is 10.2 Å². The summed E-state index contributed by atoms with van der Waals surface area (Å²) < 4.78 is 11.1. The topological polar surface area (TPSA) is 46.1 Å². The molecule has 1 aliphatic rings. The Labute approximate surface area is 194 Å². The Kier molecular flexibility index (Phi) is 12.1. The number of guanidine groups is 1. The third-order valence-corrected chi connectivity index (χ3v) is 5.35. The molecule has 0 aromatic heterocycles. The maximum Gasteiger partial charge on any atom is 0.193 e. The number of piperidine rings is 1. The molecule has 0 atom stereocenters. The molecule has 0 aliphatic carbocycles. The Morgan fingerprint density at radius 2 is 1.97 bits per heavy atom. The van der Waals surface area contributed by atoms with E-state index in [2.05, 4.69) is 62.2 Å². The van der Waals surface area contributed by atoms with Gasteiger partial charge in [-0.25, -0.2) is 0 Å². The summed E-state index contributed by atoms with van der Waals surface area (Å²) in [7, 11) is 1.74. The minimum Gasteiger partial charge on any atom is -0.385 e. The van der Waals surface area contributed by atoms with Gasteiger partial charge in [0.05, 0.1) is 12.6 Å². The van der Waals surface area contributed by atoms with Crippen molar-refractivity contribution in [3.05, 3.63) is 35.4 Å². The van der Waals surface area contributed by atoms with Crippen LogP contribution in [0.5, 0.6) is 0 Å². The lowest BCUT2D eigenvalue weighted by Gasteiger charge is -2.35. The summed E-state index contributed by atoms with van der Waals surface area (Å²) >= 11 is 0. The lowest BCUT2D eigenvalue weighted by atomic mass is 9.84. The number of aliphatic imine (C=N–C) groups is 1. The highest BCUT2D eigenvalue weighted by atomic mass is 127. The van der Waals surface area contributed by atoms with Crippen molar-refractivity contribution in [1.29, 1.82) is 0 Å². The summed E-state index contributed by atoms with van der Waals surface area (Å²) in [6, 6.07) is 8.77. The third kappa shape index (κ3) is 8.80. The van der Waals surface area contributed by atoms with Crippen molar-refractivity contribution in [3.8, 4) is 0 Å². The lowest BCUT2D eigenvalue weighted by molar-refractivity contribution is 0.00989. The summed E-state index contributed by atoms with van der Waals surface area (Å²) in [5.74, 6) is 1.03. The second-order valence-electron chi connectivity index (χ2n) is 8.33. The SMILES string of the molecule is CCNC(=NCC(C)(C)c1cccc(C)c1)N1CCC(OCCCOC)CC1.I. The van der Waals surface area contributed by atoms with Crippen LogP contribution in [-0.4, -0.2) is 63.5 Å². The molecule has 2 rings (SSSR count). The van der Waals surface area contributed by atoms with Crippen LogP contribution >= 0.6 is 24.0 Å². The molecule has 6 heteroatoms. The molecular formula is C23H40IN3O2. The van der Waals surface area contributed by atoms with Crippen molar-refractivity contribution in [3.63, 3.8) is 0 Å². The van der Waals surface area contributed by atoms with Crippen molar-refractivity contribution in [2.24, 2.45) is 4.99 Å². The van der Waals surface area contributed by atoms with Crippen LogP contribution in [0.1, 0.15) is 51.2 Å². The first-order valence-corrected chi connectivity index (χ1v) is 10.7. The summed E-state index contributed by atoms with van der Waals surface area (Å²) in [5, 5.41) is 3.48. The number of halogens is 1. The van der Waals surface area contributed by atoms with E-state index in [-0.39, 0.29) is 29.4 Å². The van der Waals surface area contributed by atoms with Gasteiger partial charge < -0.3 is 19.7 Å². The molecule has 0 spiro atoms. The minimum absolute atomic E-state index is 0. The number of methoxy groups -OCH3 is 1. The van der Waals surface area contributed by atoms with Gasteiger partial charge in [-0.3, -0.25) is 4.99 Å². The van der Waals surface area contributed by atoms with Crippen LogP contribution in [0.15, 0.2) is 29.3 Å². The maximum absolute atomic E-state index is 5.99. The van der Waals surface area contributed by atoms with Gasteiger partial charge in [0.15, 0.2) is 5.96 Å². The number of rotatable bonds is 9. The molecule has 166 valence electrons. The van der Waals surface area contributed by atoms with Crippen molar-refractivity contribution >= 4 is 29.9 Å². The van der Waals surface area contributed by atoms with Gasteiger partial charge in [0, 0.05) is 45.4 Å². The normalized spacial score (nSPS) is 15.9. The van der Waals surface area contributed by atoms with Crippen LogP contribution in [0, 0.1) is 6.92 Å². The molecule has 0 unspecified atom stereocenters. The van der Waals surface area contributed by atoms with Crippen LogP contribution in [0.25, 0.3) is 0 Å². The number of nitrogens with zero attached hydrogens (tertiary/aromatic N) is 2. The first-order chi connectivity index (χ1) is 13.5. The van der Waals surface area contributed by atoms with Gasteiger partial charge in [-0.05, 0) is 38.7 Å². The largest absolute Gasteiger partial charge is 0.385 e. The second-order valence-corrected chi connectivity index (χ2v) is 8.33. The molecule has 5 nitrogen and oxygen atoms in total. The van der Waals surface area contributed by atoms with Crippen LogP contribution in [0.3, 0.4) is 0 Å². The first kappa shape index (κ1) is 26.2. The van der Waals surface area contributed by atoms with Gasteiger partial charge in [-0.1, -0.05) is 43.7 Å². The van der Waals surface area contributed by atoms with Gasteiger partial charge >= 0.3 is 0 Å². The Morgan fingerprint density at radius 3 is 2.59 bits per heavy atom. The van der Waals surface area contributed by atoms with Gasteiger partial charge in [-0.2, -0.15) is 0 Å². The molecule has 1 aliphatic heterocycles. The number of ether oxygens (including phenoxy) is 2.